The van der Waals surface area contributed by atoms with Crippen molar-refractivity contribution in [3.05, 3.63) is 0 Å². The van der Waals surface area contributed by atoms with E-state index in [0.29, 0.717) is 5.92 Å². The van der Waals surface area contributed by atoms with Crippen LogP contribution in [0.5, 0.6) is 0 Å². The largest absolute Gasteiger partial charge is 0.318 e. The second-order valence-electron chi connectivity index (χ2n) is 2.19. The maximum Gasteiger partial charge on any atom is 0.0636 e. The van der Waals surface area contributed by atoms with E-state index in [9.17, 15) is 0 Å². The zero-order valence-electron chi connectivity index (χ0n) is 5.55. The molecule has 0 aromatic heterocycles. The van der Waals surface area contributed by atoms with E-state index in [0.717, 1.165) is 6.61 Å². The zero-order chi connectivity index (χ0) is 6.41. The van der Waals surface area contributed by atoms with Gasteiger partial charge in [0.2, 0.25) is 0 Å². The van der Waals surface area contributed by atoms with Crippen molar-refractivity contribution in [2.75, 3.05) is 6.61 Å². The minimum Gasteiger partial charge on any atom is -0.318 e. The van der Waals surface area contributed by atoms with Gasteiger partial charge in [-0.2, -0.15) is 0 Å². The number of hydrogen-bond acceptors (Lipinski definition) is 2. The summed E-state index contributed by atoms with van der Waals surface area (Å²) in [6.45, 7) is 5.12. The Morgan fingerprint density at radius 1 is 1.62 bits per heavy atom. The lowest BCUT2D eigenvalue weighted by Gasteiger charge is -2.05. The second-order valence-corrected chi connectivity index (χ2v) is 2.45. The maximum absolute atomic E-state index is 4.65. The van der Waals surface area contributed by atoms with E-state index >= 15 is 0 Å². The molecule has 0 aromatic carbocycles. The van der Waals surface area contributed by atoms with E-state index in [1.165, 1.54) is 12.8 Å². The molecule has 0 rings (SSSR count). The van der Waals surface area contributed by atoms with Crippen LogP contribution in [0.15, 0.2) is 0 Å². The predicted molar refractivity (Wildman–Crippen MR) is 39.0 cm³/mol. The molecule has 0 saturated carbocycles. The molecule has 0 aromatic rings. The SMILES string of the molecule is CCCC(C)COS. The van der Waals surface area contributed by atoms with Crippen molar-refractivity contribution >= 4 is 12.9 Å². The van der Waals surface area contributed by atoms with E-state index in [1.807, 2.05) is 0 Å². The molecular weight excluding hydrogens is 120 g/mol. The molecule has 0 aliphatic carbocycles. The summed E-state index contributed by atoms with van der Waals surface area (Å²) >= 11 is 3.65. The molecule has 1 nitrogen and oxygen atoms in total. The Balaban J connectivity index is 2.92. The van der Waals surface area contributed by atoms with Crippen LogP contribution in [-0.2, 0) is 4.18 Å². The van der Waals surface area contributed by atoms with Gasteiger partial charge in [-0.25, -0.2) is 0 Å². The van der Waals surface area contributed by atoms with Gasteiger partial charge in [0.25, 0.3) is 0 Å². The van der Waals surface area contributed by atoms with E-state index in [1.54, 1.807) is 0 Å². The van der Waals surface area contributed by atoms with Crippen LogP contribution in [0.25, 0.3) is 0 Å². The second kappa shape index (κ2) is 5.45. The molecule has 0 fully saturated rings. The molecule has 0 heterocycles. The molecule has 0 N–H and O–H groups in total. The molecule has 1 atom stereocenters. The van der Waals surface area contributed by atoms with Gasteiger partial charge >= 0.3 is 0 Å². The molecule has 50 valence electrons. The quantitative estimate of drug-likeness (QED) is 0.458. The average Bonchev–Trinajstić information content (AvgIpc) is 1.68. The van der Waals surface area contributed by atoms with E-state index < -0.39 is 0 Å². The van der Waals surface area contributed by atoms with Gasteiger partial charge in [-0.1, -0.05) is 20.3 Å². The molecular formula is C6H14OS. The van der Waals surface area contributed by atoms with Gasteiger partial charge < -0.3 is 4.18 Å². The Bertz CT molecular complexity index is 41.8. The minimum absolute atomic E-state index is 0.664. The average molecular weight is 134 g/mol. The topological polar surface area (TPSA) is 9.23 Å². The normalized spacial score (nSPS) is 13.9. The number of thiol groups is 1. The van der Waals surface area contributed by atoms with Crippen LogP contribution in [0.3, 0.4) is 0 Å². The van der Waals surface area contributed by atoms with E-state index in [-0.39, 0.29) is 0 Å². The van der Waals surface area contributed by atoms with Crippen molar-refractivity contribution in [1.29, 1.82) is 0 Å². The monoisotopic (exact) mass is 134 g/mol. The highest BCUT2D eigenvalue weighted by atomic mass is 32.1. The van der Waals surface area contributed by atoms with Crippen molar-refractivity contribution in [2.45, 2.75) is 26.7 Å². The van der Waals surface area contributed by atoms with Crippen LogP contribution in [0.2, 0.25) is 0 Å². The summed E-state index contributed by atoms with van der Waals surface area (Å²) in [5.74, 6) is 0.664. The lowest BCUT2D eigenvalue weighted by Crippen LogP contribution is -1.99. The van der Waals surface area contributed by atoms with Crippen molar-refractivity contribution in [3.63, 3.8) is 0 Å². The van der Waals surface area contributed by atoms with Crippen molar-refractivity contribution in [3.8, 4) is 0 Å². The molecule has 1 unspecified atom stereocenters. The van der Waals surface area contributed by atoms with Gasteiger partial charge in [-0.05, 0) is 25.2 Å². The molecule has 0 amide bonds. The summed E-state index contributed by atoms with van der Waals surface area (Å²) in [6.07, 6.45) is 2.47. The fraction of sp³-hybridized carbons (Fsp3) is 1.00. The van der Waals surface area contributed by atoms with Crippen LogP contribution in [0.4, 0.5) is 0 Å². The van der Waals surface area contributed by atoms with Crippen LogP contribution in [-0.4, -0.2) is 6.61 Å². The van der Waals surface area contributed by atoms with Crippen LogP contribution < -0.4 is 0 Å². The Labute approximate surface area is 57.0 Å². The first-order chi connectivity index (χ1) is 3.81. The predicted octanol–water partition coefficient (Wildman–Crippen LogP) is 2.28. The first-order valence-corrected chi connectivity index (χ1v) is 3.44. The highest BCUT2D eigenvalue weighted by molar-refractivity contribution is 7.75. The Hall–Kier alpha value is 0.310. The Morgan fingerprint density at radius 2 is 2.25 bits per heavy atom. The summed E-state index contributed by atoms with van der Waals surface area (Å²) in [6, 6.07) is 0. The standard InChI is InChI=1S/C6H14OS/c1-3-4-6(2)5-7-8/h6,8H,3-5H2,1-2H3. The fourth-order valence-corrected chi connectivity index (χ4v) is 0.958. The first-order valence-electron chi connectivity index (χ1n) is 3.07. The molecule has 2 heteroatoms. The number of hydrogen-bond donors (Lipinski definition) is 1. The minimum atomic E-state index is 0.664. The van der Waals surface area contributed by atoms with Crippen LogP contribution in [0, 0.1) is 5.92 Å². The van der Waals surface area contributed by atoms with E-state index in [2.05, 4.69) is 30.9 Å². The van der Waals surface area contributed by atoms with Crippen molar-refractivity contribution < 1.29 is 4.18 Å². The summed E-state index contributed by atoms with van der Waals surface area (Å²) < 4.78 is 4.65. The number of rotatable bonds is 4. The van der Waals surface area contributed by atoms with E-state index in [4.69, 9.17) is 0 Å². The smallest absolute Gasteiger partial charge is 0.0636 e. The van der Waals surface area contributed by atoms with Gasteiger partial charge in [-0.3, -0.25) is 0 Å². The Kier molecular flexibility index (Phi) is 5.66. The highest BCUT2D eigenvalue weighted by Gasteiger charge is 1.97. The lowest BCUT2D eigenvalue weighted by atomic mass is 10.1. The van der Waals surface area contributed by atoms with Crippen LogP contribution >= 0.6 is 12.9 Å². The van der Waals surface area contributed by atoms with Gasteiger partial charge in [0.05, 0.1) is 6.61 Å². The summed E-state index contributed by atoms with van der Waals surface area (Å²) in [4.78, 5) is 0. The van der Waals surface area contributed by atoms with Crippen LogP contribution in [0.1, 0.15) is 26.7 Å². The zero-order valence-corrected chi connectivity index (χ0v) is 6.45. The third-order valence-corrected chi connectivity index (χ3v) is 1.29. The highest BCUT2D eigenvalue weighted by Crippen LogP contribution is 2.04. The molecule has 0 bridgehead atoms. The molecule has 0 aliphatic heterocycles. The van der Waals surface area contributed by atoms with Gasteiger partial charge in [0.1, 0.15) is 0 Å². The Morgan fingerprint density at radius 3 is 2.62 bits per heavy atom. The molecule has 8 heavy (non-hydrogen) atoms. The van der Waals surface area contributed by atoms with Gasteiger partial charge in [0, 0.05) is 0 Å². The van der Waals surface area contributed by atoms with Crippen molar-refractivity contribution in [2.24, 2.45) is 5.92 Å². The third-order valence-electron chi connectivity index (χ3n) is 1.14. The summed E-state index contributed by atoms with van der Waals surface area (Å²) in [5.41, 5.74) is 0. The lowest BCUT2D eigenvalue weighted by molar-refractivity contribution is 0.295. The molecule has 0 spiro atoms. The fourth-order valence-electron chi connectivity index (χ4n) is 0.703. The summed E-state index contributed by atoms with van der Waals surface area (Å²) in [7, 11) is 0. The van der Waals surface area contributed by atoms with Crippen molar-refractivity contribution in [1.82, 2.24) is 0 Å². The molecule has 0 radical (unpaired) electrons. The van der Waals surface area contributed by atoms with Gasteiger partial charge in [-0.15, -0.1) is 0 Å². The maximum atomic E-state index is 4.65. The molecule has 0 saturated heterocycles. The first kappa shape index (κ1) is 8.31. The molecule has 0 aliphatic rings. The summed E-state index contributed by atoms with van der Waals surface area (Å²) in [5, 5.41) is 0. The third kappa shape index (κ3) is 4.47. The van der Waals surface area contributed by atoms with Gasteiger partial charge in [0.15, 0.2) is 0 Å².